The van der Waals surface area contributed by atoms with Crippen molar-refractivity contribution < 1.29 is 9.84 Å². The Morgan fingerprint density at radius 2 is 2.13 bits per heavy atom. The van der Waals surface area contributed by atoms with Crippen LogP contribution >= 0.6 is 0 Å². The van der Waals surface area contributed by atoms with Gasteiger partial charge in [0.25, 0.3) is 0 Å². The third-order valence-corrected chi connectivity index (χ3v) is 2.33. The number of aliphatic hydroxyl groups excluding tert-OH is 1. The highest BCUT2D eigenvalue weighted by Crippen LogP contribution is 2.28. The summed E-state index contributed by atoms with van der Waals surface area (Å²) in [5.41, 5.74) is 7.62. The Bertz CT molecular complexity index is 326. The van der Waals surface area contributed by atoms with Crippen LogP contribution in [0.3, 0.4) is 0 Å². The van der Waals surface area contributed by atoms with E-state index >= 15 is 0 Å². The van der Waals surface area contributed by atoms with Crippen LogP contribution in [0.2, 0.25) is 0 Å². The van der Waals surface area contributed by atoms with Gasteiger partial charge in [0.2, 0.25) is 0 Å². The first-order valence-electron chi connectivity index (χ1n) is 4.81. The molecule has 84 valence electrons. The van der Waals surface area contributed by atoms with Gasteiger partial charge in [-0.25, -0.2) is 0 Å². The number of hydrogen-bond donors (Lipinski definition) is 2. The molecule has 0 aliphatic rings. The van der Waals surface area contributed by atoms with Crippen molar-refractivity contribution in [3.8, 4) is 5.75 Å². The number of methoxy groups -OCH3 is 1. The lowest BCUT2D eigenvalue weighted by Gasteiger charge is -2.18. The van der Waals surface area contributed by atoms with Crippen molar-refractivity contribution in [2.45, 2.75) is 6.04 Å². The standard InChI is InChI=1S/C11H18N2O2/c1-13(2)8-4-5-9(10(12)7-14)11(6-8)15-3/h4-6,10,14H,7,12H2,1-3H3/t10-/m1/s1. The molecule has 0 aromatic heterocycles. The lowest BCUT2D eigenvalue weighted by molar-refractivity contribution is 0.264. The van der Waals surface area contributed by atoms with Crippen molar-refractivity contribution >= 4 is 5.69 Å². The molecule has 1 atom stereocenters. The van der Waals surface area contributed by atoms with Crippen LogP contribution in [0.4, 0.5) is 5.69 Å². The normalized spacial score (nSPS) is 12.3. The molecule has 0 spiro atoms. The van der Waals surface area contributed by atoms with Crippen molar-refractivity contribution in [2.75, 3.05) is 32.7 Å². The molecule has 0 amide bonds. The third kappa shape index (κ3) is 2.61. The number of nitrogens with zero attached hydrogens (tertiary/aromatic N) is 1. The van der Waals surface area contributed by atoms with Gasteiger partial charge in [0.05, 0.1) is 19.8 Å². The molecule has 4 heteroatoms. The van der Waals surface area contributed by atoms with E-state index in [1.165, 1.54) is 0 Å². The van der Waals surface area contributed by atoms with E-state index in [9.17, 15) is 0 Å². The van der Waals surface area contributed by atoms with E-state index in [1.54, 1.807) is 7.11 Å². The maximum Gasteiger partial charge on any atom is 0.125 e. The summed E-state index contributed by atoms with van der Waals surface area (Å²) in [6.07, 6.45) is 0. The monoisotopic (exact) mass is 210 g/mol. The molecule has 0 saturated carbocycles. The summed E-state index contributed by atoms with van der Waals surface area (Å²) in [7, 11) is 5.52. The van der Waals surface area contributed by atoms with Crippen LogP contribution in [-0.2, 0) is 0 Å². The highest BCUT2D eigenvalue weighted by atomic mass is 16.5. The quantitative estimate of drug-likeness (QED) is 0.770. The van der Waals surface area contributed by atoms with E-state index in [4.69, 9.17) is 15.6 Å². The summed E-state index contributed by atoms with van der Waals surface area (Å²) in [6, 6.07) is 5.35. The van der Waals surface area contributed by atoms with Crippen LogP contribution < -0.4 is 15.4 Å². The second-order valence-corrected chi connectivity index (χ2v) is 3.61. The van der Waals surface area contributed by atoms with Crippen molar-refractivity contribution in [1.29, 1.82) is 0 Å². The predicted molar refractivity (Wildman–Crippen MR) is 61.3 cm³/mol. The molecule has 1 rings (SSSR count). The van der Waals surface area contributed by atoms with Gasteiger partial charge in [-0.3, -0.25) is 0 Å². The van der Waals surface area contributed by atoms with Crippen LogP contribution in [0.5, 0.6) is 5.75 Å². The lowest BCUT2D eigenvalue weighted by Crippen LogP contribution is -2.16. The highest BCUT2D eigenvalue weighted by Gasteiger charge is 2.11. The number of ether oxygens (including phenoxy) is 1. The number of anilines is 1. The van der Waals surface area contributed by atoms with Gasteiger partial charge in [0, 0.05) is 31.4 Å². The van der Waals surface area contributed by atoms with Crippen LogP contribution in [-0.4, -0.2) is 32.9 Å². The van der Waals surface area contributed by atoms with Gasteiger partial charge in [0.15, 0.2) is 0 Å². The minimum Gasteiger partial charge on any atom is -0.496 e. The number of benzene rings is 1. The van der Waals surface area contributed by atoms with Gasteiger partial charge in [-0.15, -0.1) is 0 Å². The second kappa shape index (κ2) is 5.00. The van der Waals surface area contributed by atoms with Crippen LogP contribution in [0, 0.1) is 0 Å². The average Bonchev–Trinajstić information content (AvgIpc) is 2.27. The fourth-order valence-electron chi connectivity index (χ4n) is 1.38. The Kier molecular flexibility index (Phi) is 3.94. The number of aliphatic hydroxyl groups is 1. The van der Waals surface area contributed by atoms with Gasteiger partial charge in [-0.1, -0.05) is 6.07 Å². The Morgan fingerprint density at radius 1 is 1.47 bits per heavy atom. The molecule has 3 N–H and O–H groups in total. The molecular weight excluding hydrogens is 192 g/mol. The summed E-state index contributed by atoms with van der Waals surface area (Å²) in [5.74, 6) is 0.711. The van der Waals surface area contributed by atoms with Gasteiger partial charge < -0.3 is 20.5 Å². The summed E-state index contributed by atoms with van der Waals surface area (Å²) in [6.45, 7) is -0.0856. The largest absolute Gasteiger partial charge is 0.496 e. The number of hydrogen-bond acceptors (Lipinski definition) is 4. The number of rotatable bonds is 4. The zero-order chi connectivity index (χ0) is 11.4. The van der Waals surface area contributed by atoms with Crippen LogP contribution in [0.25, 0.3) is 0 Å². The second-order valence-electron chi connectivity index (χ2n) is 3.61. The molecule has 0 bridgehead atoms. The number of nitrogens with two attached hydrogens (primary N) is 1. The first-order valence-corrected chi connectivity index (χ1v) is 4.81. The zero-order valence-electron chi connectivity index (χ0n) is 9.40. The van der Waals surface area contributed by atoms with Gasteiger partial charge in [0.1, 0.15) is 5.75 Å². The smallest absolute Gasteiger partial charge is 0.125 e. The summed E-state index contributed by atoms with van der Waals surface area (Å²) < 4.78 is 5.24. The van der Waals surface area contributed by atoms with E-state index in [0.717, 1.165) is 11.3 Å². The lowest BCUT2D eigenvalue weighted by atomic mass is 10.1. The molecular formula is C11H18N2O2. The Hall–Kier alpha value is -1.26. The molecule has 0 unspecified atom stereocenters. The molecule has 4 nitrogen and oxygen atoms in total. The van der Waals surface area contributed by atoms with E-state index in [0.29, 0.717) is 5.75 Å². The SMILES string of the molecule is COc1cc(N(C)C)ccc1[C@H](N)CO. The van der Waals surface area contributed by atoms with E-state index in [2.05, 4.69) is 0 Å². The molecule has 0 aliphatic carbocycles. The fourth-order valence-corrected chi connectivity index (χ4v) is 1.38. The molecule has 0 heterocycles. The van der Waals surface area contributed by atoms with Crippen molar-refractivity contribution in [3.05, 3.63) is 23.8 Å². The Morgan fingerprint density at radius 3 is 2.60 bits per heavy atom. The minimum absolute atomic E-state index is 0.0856. The first-order chi connectivity index (χ1) is 7.10. The molecule has 0 aliphatic heterocycles. The van der Waals surface area contributed by atoms with E-state index in [-0.39, 0.29) is 6.61 Å². The third-order valence-electron chi connectivity index (χ3n) is 2.33. The maximum absolute atomic E-state index is 9.00. The zero-order valence-corrected chi connectivity index (χ0v) is 9.40. The topological polar surface area (TPSA) is 58.7 Å². The highest BCUT2D eigenvalue weighted by molar-refractivity contribution is 5.53. The molecule has 0 saturated heterocycles. The van der Waals surface area contributed by atoms with Gasteiger partial charge >= 0.3 is 0 Å². The minimum atomic E-state index is -0.392. The summed E-state index contributed by atoms with van der Waals surface area (Å²) in [5, 5.41) is 9.00. The molecule has 0 fully saturated rings. The van der Waals surface area contributed by atoms with E-state index < -0.39 is 6.04 Å². The van der Waals surface area contributed by atoms with Gasteiger partial charge in [-0.2, -0.15) is 0 Å². The molecule has 0 radical (unpaired) electrons. The summed E-state index contributed by atoms with van der Waals surface area (Å²) in [4.78, 5) is 1.98. The average molecular weight is 210 g/mol. The molecule has 1 aromatic carbocycles. The van der Waals surface area contributed by atoms with Crippen molar-refractivity contribution in [1.82, 2.24) is 0 Å². The predicted octanol–water partition coefficient (Wildman–Crippen LogP) is 0.753. The van der Waals surface area contributed by atoms with Crippen LogP contribution in [0.1, 0.15) is 11.6 Å². The van der Waals surface area contributed by atoms with Gasteiger partial charge in [-0.05, 0) is 6.07 Å². The Balaban J connectivity index is 3.09. The van der Waals surface area contributed by atoms with E-state index in [1.807, 2.05) is 37.2 Å². The summed E-state index contributed by atoms with van der Waals surface area (Å²) >= 11 is 0. The Labute approximate surface area is 90.3 Å². The van der Waals surface area contributed by atoms with Crippen molar-refractivity contribution in [2.24, 2.45) is 5.73 Å². The molecule has 15 heavy (non-hydrogen) atoms. The van der Waals surface area contributed by atoms with Crippen LogP contribution in [0.15, 0.2) is 18.2 Å². The fraction of sp³-hybridized carbons (Fsp3) is 0.455. The molecule has 1 aromatic rings. The maximum atomic E-state index is 9.00. The first kappa shape index (κ1) is 11.8. The van der Waals surface area contributed by atoms with Crippen molar-refractivity contribution in [3.63, 3.8) is 0 Å².